The maximum Gasteiger partial charge on any atom is 0.429 e. The molecule has 0 spiro atoms. The molecule has 0 atom stereocenters. The molecule has 0 radical (unpaired) electrons. The van der Waals surface area contributed by atoms with Crippen LogP contribution in [0.2, 0.25) is 5.02 Å². The third kappa shape index (κ3) is 4.89. The van der Waals surface area contributed by atoms with Gasteiger partial charge in [-0.05, 0) is 55.5 Å². The summed E-state index contributed by atoms with van der Waals surface area (Å²) in [5.41, 5.74) is -1.46. The number of methoxy groups -OCH3 is 1. The van der Waals surface area contributed by atoms with Crippen LogP contribution in [0.5, 0.6) is 0 Å². The van der Waals surface area contributed by atoms with E-state index in [4.69, 9.17) is 21.1 Å². The molecule has 1 aliphatic heterocycles. The summed E-state index contributed by atoms with van der Waals surface area (Å²) in [6.07, 6.45) is -1.11. The summed E-state index contributed by atoms with van der Waals surface area (Å²) in [4.78, 5) is 12.8. The van der Waals surface area contributed by atoms with Gasteiger partial charge in [0.2, 0.25) is 0 Å². The predicted octanol–water partition coefficient (Wildman–Crippen LogP) is 4.04. The van der Waals surface area contributed by atoms with Crippen molar-refractivity contribution in [1.82, 2.24) is 4.31 Å². The second-order valence-electron chi connectivity index (χ2n) is 7.96. The molecule has 1 amide bonds. The first-order chi connectivity index (χ1) is 12.7. The number of benzene rings is 1. The van der Waals surface area contributed by atoms with Crippen LogP contribution in [0.15, 0.2) is 12.1 Å². The number of hydrogen-bond acceptors (Lipinski definition) is 5. The number of carbonyl (C=O) groups is 1. The molecule has 1 aromatic rings. The van der Waals surface area contributed by atoms with Crippen LogP contribution in [0, 0.1) is 14.8 Å². The summed E-state index contributed by atoms with van der Waals surface area (Å²) in [6, 6.07) is 2.20. The van der Waals surface area contributed by atoms with Gasteiger partial charge in [0.25, 0.3) is 0 Å². The molecule has 0 aliphatic carbocycles. The number of nitrogens with zero attached hydrogens (tertiary/aromatic N) is 2. The molecule has 2 rings (SSSR count). The molecule has 0 N–H and O–H groups in total. The fourth-order valence-electron chi connectivity index (χ4n) is 2.82. The van der Waals surface area contributed by atoms with Gasteiger partial charge in [0, 0.05) is 25.6 Å². The van der Waals surface area contributed by atoms with Crippen molar-refractivity contribution >= 4 is 56.2 Å². The van der Waals surface area contributed by atoms with Crippen molar-refractivity contribution in [2.75, 3.05) is 31.1 Å². The Labute approximate surface area is 183 Å². The highest BCUT2D eigenvalue weighted by Gasteiger charge is 2.49. The molecule has 1 aromatic carbocycles. The number of amides is 1. The fourth-order valence-corrected chi connectivity index (χ4v) is 5.37. The first-order valence-corrected chi connectivity index (χ1v) is 11.2. The molecule has 158 valence electrons. The van der Waals surface area contributed by atoms with Crippen molar-refractivity contribution in [3.05, 3.63) is 26.5 Å². The molecule has 1 saturated heterocycles. The van der Waals surface area contributed by atoms with Gasteiger partial charge in [-0.1, -0.05) is 18.5 Å². The van der Waals surface area contributed by atoms with E-state index in [9.17, 15) is 17.6 Å². The molecule has 0 saturated carbocycles. The first kappa shape index (κ1) is 23.6. The van der Waals surface area contributed by atoms with Gasteiger partial charge in [-0.2, -0.15) is 17.0 Å². The van der Waals surface area contributed by atoms with E-state index in [1.807, 2.05) is 6.92 Å². The Balaban J connectivity index is 2.48. The molecular formula is C17H23ClFIN2O5S. The molecule has 0 bridgehead atoms. The van der Waals surface area contributed by atoms with Crippen molar-refractivity contribution in [2.45, 2.75) is 33.3 Å². The lowest BCUT2D eigenvalue weighted by molar-refractivity contribution is 0.00330. The molecule has 1 heterocycles. The second kappa shape index (κ2) is 8.21. The van der Waals surface area contributed by atoms with Crippen molar-refractivity contribution in [3.8, 4) is 0 Å². The third-order valence-corrected chi connectivity index (χ3v) is 7.43. The molecule has 1 fully saturated rings. The maximum atomic E-state index is 13.8. The molecule has 7 nitrogen and oxygen atoms in total. The molecular weight excluding hydrogens is 526 g/mol. The summed E-state index contributed by atoms with van der Waals surface area (Å²) in [5.74, 6) is -0.618. The summed E-state index contributed by atoms with van der Waals surface area (Å²) < 4.78 is 52.3. The minimum absolute atomic E-state index is 0.00774. The Morgan fingerprint density at radius 1 is 1.39 bits per heavy atom. The fraction of sp³-hybridized carbons (Fsp3) is 0.588. The number of rotatable bonds is 5. The lowest BCUT2D eigenvalue weighted by atomic mass is 9.85. The Hall–Kier alpha value is -0.690. The van der Waals surface area contributed by atoms with Gasteiger partial charge in [-0.15, -0.1) is 0 Å². The zero-order chi connectivity index (χ0) is 21.5. The van der Waals surface area contributed by atoms with E-state index in [0.717, 1.165) is 16.4 Å². The van der Waals surface area contributed by atoms with Gasteiger partial charge in [0.15, 0.2) is 0 Å². The highest BCUT2D eigenvalue weighted by Crippen LogP contribution is 2.39. The minimum atomic E-state index is -4.30. The molecule has 0 aromatic heterocycles. The number of carbonyl (C=O) groups excluding carboxylic acids is 1. The normalized spacial score (nSPS) is 17.1. The van der Waals surface area contributed by atoms with E-state index in [1.54, 1.807) is 43.4 Å². The maximum absolute atomic E-state index is 13.8. The summed E-state index contributed by atoms with van der Waals surface area (Å²) in [7, 11) is -2.77. The Bertz CT molecular complexity index is 869. The number of hydrogen-bond donors (Lipinski definition) is 0. The molecule has 0 unspecified atom stereocenters. The monoisotopic (exact) mass is 548 g/mol. The van der Waals surface area contributed by atoms with Crippen LogP contribution >= 0.6 is 34.2 Å². The van der Waals surface area contributed by atoms with Gasteiger partial charge in [0.1, 0.15) is 11.4 Å². The van der Waals surface area contributed by atoms with E-state index in [0.29, 0.717) is 10.9 Å². The molecule has 11 heteroatoms. The standard InChI is InChI=1S/C17H23ClFIN2O5S/c1-16(2,3)27-15(23)22(12-7-6-11(19)14(20)13(12)18)28(24,25)21-8-17(4,9-21)10-26-5/h6-7H,8-10H2,1-5H3. The van der Waals surface area contributed by atoms with Gasteiger partial charge in [0.05, 0.1) is 20.9 Å². The SMILES string of the molecule is COCC1(C)CN(S(=O)(=O)N(C(=O)OC(C)(C)C)c2ccc(F)c(I)c2Cl)C1. The van der Waals surface area contributed by atoms with E-state index < -0.39 is 27.7 Å². The highest BCUT2D eigenvalue weighted by molar-refractivity contribution is 14.1. The van der Waals surface area contributed by atoms with E-state index >= 15 is 0 Å². The predicted molar refractivity (Wildman–Crippen MR) is 113 cm³/mol. The van der Waals surface area contributed by atoms with Crippen LogP contribution in [-0.2, 0) is 19.7 Å². The Morgan fingerprint density at radius 3 is 2.46 bits per heavy atom. The van der Waals surface area contributed by atoms with Crippen LogP contribution < -0.4 is 4.31 Å². The van der Waals surface area contributed by atoms with Crippen LogP contribution in [0.3, 0.4) is 0 Å². The summed E-state index contributed by atoms with van der Waals surface area (Å²) >= 11 is 7.84. The lowest BCUT2D eigenvalue weighted by Gasteiger charge is -2.47. The smallest absolute Gasteiger partial charge is 0.429 e. The summed E-state index contributed by atoms with van der Waals surface area (Å²) in [6.45, 7) is 7.44. The van der Waals surface area contributed by atoms with E-state index in [1.165, 1.54) is 7.11 Å². The zero-order valence-corrected chi connectivity index (χ0v) is 20.0. The quantitative estimate of drug-likeness (QED) is 0.410. The van der Waals surface area contributed by atoms with Crippen molar-refractivity contribution in [3.63, 3.8) is 0 Å². The Kier molecular flexibility index (Phi) is 6.92. The van der Waals surface area contributed by atoms with Gasteiger partial charge < -0.3 is 9.47 Å². The average Bonchev–Trinajstić information content (AvgIpc) is 2.51. The lowest BCUT2D eigenvalue weighted by Crippen LogP contribution is -2.63. The average molecular weight is 549 g/mol. The van der Waals surface area contributed by atoms with Crippen molar-refractivity contribution in [2.24, 2.45) is 5.41 Å². The summed E-state index contributed by atoms with van der Waals surface area (Å²) in [5, 5.41) is -0.185. The number of anilines is 1. The van der Waals surface area contributed by atoms with E-state index in [-0.39, 0.29) is 32.8 Å². The minimum Gasteiger partial charge on any atom is -0.443 e. The van der Waals surface area contributed by atoms with Gasteiger partial charge >= 0.3 is 16.3 Å². The first-order valence-electron chi connectivity index (χ1n) is 8.38. The second-order valence-corrected chi connectivity index (χ2v) is 11.2. The van der Waals surface area contributed by atoms with Crippen LogP contribution in [0.1, 0.15) is 27.7 Å². The molecule has 1 aliphatic rings. The number of ether oxygens (including phenoxy) is 2. The van der Waals surface area contributed by atoms with Crippen LogP contribution in [-0.4, -0.2) is 51.2 Å². The number of halogens is 3. The third-order valence-electron chi connectivity index (χ3n) is 3.96. The van der Waals surface area contributed by atoms with Gasteiger partial charge in [-0.3, -0.25) is 0 Å². The largest absolute Gasteiger partial charge is 0.443 e. The van der Waals surface area contributed by atoms with E-state index in [2.05, 4.69) is 0 Å². The van der Waals surface area contributed by atoms with Gasteiger partial charge in [-0.25, -0.2) is 9.18 Å². The topological polar surface area (TPSA) is 76.2 Å². The zero-order valence-electron chi connectivity index (χ0n) is 16.3. The van der Waals surface area contributed by atoms with Crippen LogP contribution in [0.25, 0.3) is 0 Å². The van der Waals surface area contributed by atoms with Crippen molar-refractivity contribution in [1.29, 1.82) is 0 Å². The molecule has 28 heavy (non-hydrogen) atoms. The van der Waals surface area contributed by atoms with Crippen LogP contribution in [0.4, 0.5) is 14.9 Å². The van der Waals surface area contributed by atoms with Crippen molar-refractivity contribution < 1.29 is 27.1 Å². The highest BCUT2D eigenvalue weighted by atomic mass is 127. The Morgan fingerprint density at radius 2 is 1.96 bits per heavy atom.